The number of pyridine rings is 1. The number of para-hydroxylation sites is 1. The average Bonchev–Trinajstić information content (AvgIpc) is 3.86. The normalized spacial score (nSPS) is 12.2. The molecule has 0 aliphatic heterocycles. The van der Waals surface area contributed by atoms with E-state index in [1.165, 1.54) is 44.5 Å². The van der Waals surface area contributed by atoms with Crippen LogP contribution in [0, 0.1) is 0 Å². The second-order valence-corrected chi connectivity index (χ2v) is 17.2. The van der Waals surface area contributed by atoms with Crippen LogP contribution in [0.25, 0.3) is 89.6 Å². The van der Waals surface area contributed by atoms with Crippen LogP contribution in [0.2, 0.25) is 0 Å². The van der Waals surface area contributed by atoms with Crippen molar-refractivity contribution in [2.75, 3.05) is 0 Å². The van der Waals surface area contributed by atoms with E-state index in [0.717, 1.165) is 49.8 Å². The zero-order chi connectivity index (χ0) is 44.9. The number of benzene rings is 9. The SMILES string of the molecule is C[n+]1cccc2cccc([O-])c21.[Li+].c1ccc(-c2cc(-c3ccccc3)cc(-c3nc(-c4ccccc4)nc(-c4ccc5c(c4)C4(c6ccccc6-c6ccccc64)c4ccccc4-5)n3)c2)cc1. The molecule has 2 aliphatic rings. The Hall–Kier alpha value is -8.20. The van der Waals surface area contributed by atoms with E-state index in [1.54, 1.807) is 12.1 Å². The third-order valence-electron chi connectivity index (χ3n) is 13.3. The fourth-order valence-electron chi connectivity index (χ4n) is 10.3. The van der Waals surface area contributed by atoms with Crippen LogP contribution in [0.4, 0.5) is 0 Å². The molecular weight excluding hydrogens is 824 g/mol. The minimum atomic E-state index is -0.457. The average molecular weight is 866 g/mol. The number of aryl methyl sites for hydroxylation is 1. The molecule has 0 amide bonds. The third-order valence-corrected chi connectivity index (χ3v) is 13.3. The molecule has 5 nitrogen and oxygen atoms in total. The van der Waals surface area contributed by atoms with E-state index in [0.29, 0.717) is 17.5 Å². The second kappa shape index (κ2) is 17.5. The smallest absolute Gasteiger partial charge is 0.868 e. The molecule has 2 aliphatic carbocycles. The Morgan fingerprint density at radius 2 is 0.779 bits per heavy atom. The molecule has 9 aromatic carbocycles. The molecule has 1 spiro atoms. The quantitative estimate of drug-likeness (QED) is 0.128. The number of hydrogen-bond donors (Lipinski definition) is 0. The van der Waals surface area contributed by atoms with Crippen molar-refractivity contribution >= 4 is 10.9 Å². The van der Waals surface area contributed by atoms with Crippen LogP contribution in [0.5, 0.6) is 5.75 Å². The maximum Gasteiger partial charge on any atom is 1.00 e. The van der Waals surface area contributed by atoms with Gasteiger partial charge in [0.2, 0.25) is 5.52 Å². The van der Waals surface area contributed by atoms with Gasteiger partial charge in [-0.15, -0.1) is 0 Å². The van der Waals surface area contributed by atoms with Gasteiger partial charge < -0.3 is 5.11 Å². The maximum absolute atomic E-state index is 11.4. The first-order valence-electron chi connectivity index (χ1n) is 22.6. The van der Waals surface area contributed by atoms with Crippen LogP contribution in [-0.2, 0) is 12.5 Å². The van der Waals surface area contributed by atoms with Crippen molar-refractivity contribution in [2.24, 2.45) is 7.05 Å². The molecular formula is C62H42LiN4O+. The number of hydrogen-bond acceptors (Lipinski definition) is 4. The van der Waals surface area contributed by atoms with E-state index in [4.69, 9.17) is 15.0 Å². The van der Waals surface area contributed by atoms with E-state index < -0.39 is 5.41 Å². The van der Waals surface area contributed by atoms with Gasteiger partial charge in [0.25, 0.3) is 0 Å². The predicted molar refractivity (Wildman–Crippen MR) is 268 cm³/mol. The fraction of sp³-hybridized carbons (Fsp3) is 0.0323. The van der Waals surface area contributed by atoms with Crippen molar-refractivity contribution < 1.29 is 28.5 Å². The van der Waals surface area contributed by atoms with Gasteiger partial charge in [0.15, 0.2) is 23.7 Å². The van der Waals surface area contributed by atoms with Crippen molar-refractivity contribution in [3.63, 3.8) is 0 Å². The number of fused-ring (bicyclic) bond motifs is 11. The summed E-state index contributed by atoms with van der Waals surface area (Å²) in [5.74, 6) is 2.00. The van der Waals surface area contributed by atoms with Crippen LogP contribution in [-0.4, -0.2) is 15.0 Å². The Balaban J connectivity index is 0.000000340. The van der Waals surface area contributed by atoms with E-state index in [9.17, 15) is 5.11 Å². The molecule has 13 rings (SSSR count). The minimum absolute atomic E-state index is 0. The zero-order valence-electron chi connectivity index (χ0n) is 37.7. The summed E-state index contributed by atoms with van der Waals surface area (Å²) in [5.41, 5.74) is 17.9. The summed E-state index contributed by atoms with van der Waals surface area (Å²) < 4.78 is 1.84. The number of aromatic nitrogens is 4. The molecule has 68 heavy (non-hydrogen) atoms. The first-order valence-corrected chi connectivity index (χ1v) is 22.6. The minimum Gasteiger partial charge on any atom is -0.868 e. The van der Waals surface area contributed by atoms with Crippen LogP contribution >= 0.6 is 0 Å². The van der Waals surface area contributed by atoms with Gasteiger partial charge in [-0.25, -0.2) is 19.5 Å². The first-order chi connectivity index (χ1) is 33.0. The standard InChI is InChI=1S/C52H33N3.C10H9NO.Li/c1-4-16-34(17-5-1)38-30-39(35-18-6-2-7-19-35)32-40(31-38)51-54-49(36-20-8-3-9-21-36)53-50(55-51)37-28-29-44-43-24-12-15-27-47(43)52(48(44)33-37)45-25-13-10-22-41(45)42-23-11-14-26-46(42)52;1-11-7-3-5-8-4-2-6-9(12)10(8)11;/h1-33H;2-7H,1H3;/q;;+1. The summed E-state index contributed by atoms with van der Waals surface area (Å²) in [5, 5.41) is 12.4. The van der Waals surface area contributed by atoms with E-state index >= 15 is 0 Å². The molecule has 2 aromatic heterocycles. The van der Waals surface area contributed by atoms with Crippen LogP contribution in [0.15, 0.2) is 237 Å². The van der Waals surface area contributed by atoms with Gasteiger partial charge in [-0.2, -0.15) is 0 Å². The molecule has 0 saturated carbocycles. The van der Waals surface area contributed by atoms with Crippen LogP contribution in [0.3, 0.4) is 0 Å². The first kappa shape index (κ1) is 42.4. The van der Waals surface area contributed by atoms with Crippen LogP contribution in [0.1, 0.15) is 22.3 Å². The van der Waals surface area contributed by atoms with Crippen molar-refractivity contribution in [3.05, 3.63) is 259 Å². The molecule has 6 heteroatoms. The molecule has 0 saturated heterocycles. The molecule has 0 atom stereocenters. The molecule has 0 unspecified atom stereocenters. The fourth-order valence-corrected chi connectivity index (χ4v) is 10.3. The van der Waals surface area contributed by atoms with Gasteiger partial charge in [0.1, 0.15) is 7.05 Å². The molecule has 11 aromatic rings. The van der Waals surface area contributed by atoms with Gasteiger partial charge in [0, 0.05) is 28.1 Å². The van der Waals surface area contributed by atoms with E-state index in [-0.39, 0.29) is 24.6 Å². The topological polar surface area (TPSA) is 65.6 Å². The molecule has 2 heterocycles. The molecule has 0 radical (unpaired) electrons. The number of rotatable bonds is 5. The van der Waals surface area contributed by atoms with Gasteiger partial charge in [-0.05, 0) is 109 Å². The van der Waals surface area contributed by atoms with Gasteiger partial charge >= 0.3 is 18.9 Å². The summed E-state index contributed by atoms with van der Waals surface area (Å²) >= 11 is 0. The van der Waals surface area contributed by atoms with E-state index in [2.05, 4.69) is 182 Å². The Morgan fingerprint density at radius 1 is 0.353 bits per heavy atom. The monoisotopic (exact) mass is 865 g/mol. The van der Waals surface area contributed by atoms with Gasteiger partial charge in [-0.1, -0.05) is 188 Å². The van der Waals surface area contributed by atoms with Crippen LogP contribution < -0.4 is 28.5 Å². The Labute approximate surface area is 408 Å². The number of nitrogens with zero attached hydrogens (tertiary/aromatic N) is 4. The zero-order valence-corrected chi connectivity index (χ0v) is 37.7. The molecule has 0 N–H and O–H groups in total. The maximum atomic E-state index is 11.4. The third kappa shape index (κ3) is 7.12. The van der Waals surface area contributed by atoms with Crippen molar-refractivity contribution in [1.82, 2.24) is 15.0 Å². The van der Waals surface area contributed by atoms with Crippen molar-refractivity contribution in [1.29, 1.82) is 0 Å². The summed E-state index contributed by atoms with van der Waals surface area (Å²) in [7, 11) is 1.88. The Kier molecular flexibility index (Phi) is 11.0. The Bertz CT molecular complexity index is 3510. The molecule has 0 bridgehead atoms. The molecule has 0 fully saturated rings. The summed E-state index contributed by atoms with van der Waals surface area (Å²) in [4.78, 5) is 15.7. The second-order valence-electron chi connectivity index (χ2n) is 17.2. The van der Waals surface area contributed by atoms with Crippen molar-refractivity contribution in [2.45, 2.75) is 5.41 Å². The largest absolute Gasteiger partial charge is 1.00 e. The molecule has 316 valence electrons. The summed E-state index contributed by atoms with van der Waals surface area (Å²) in [6.45, 7) is 0. The predicted octanol–water partition coefficient (Wildman–Crippen LogP) is 10.3. The summed E-state index contributed by atoms with van der Waals surface area (Å²) in [6, 6.07) is 80.7. The Morgan fingerprint density at radius 3 is 1.31 bits per heavy atom. The summed E-state index contributed by atoms with van der Waals surface area (Å²) in [6.07, 6.45) is 1.88. The van der Waals surface area contributed by atoms with E-state index in [1.807, 2.05) is 54.2 Å². The van der Waals surface area contributed by atoms with Gasteiger partial charge in [-0.3, -0.25) is 0 Å². The van der Waals surface area contributed by atoms with Crippen molar-refractivity contribution in [3.8, 4) is 84.4 Å². The van der Waals surface area contributed by atoms with Gasteiger partial charge in [0.05, 0.1) is 5.41 Å².